The summed E-state index contributed by atoms with van der Waals surface area (Å²) < 4.78 is 38.8. The molecular weight excluding hydrogens is 278 g/mol. The van der Waals surface area contributed by atoms with Crippen LogP contribution in [0.1, 0.15) is 12.8 Å². The molecule has 0 heterocycles. The zero-order valence-electron chi connectivity index (χ0n) is 11.8. The summed E-state index contributed by atoms with van der Waals surface area (Å²) in [6, 6.07) is 7.85. The van der Waals surface area contributed by atoms with E-state index in [2.05, 4.69) is 6.92 Å². The van der Waals surface area contributed by atoms with E-state index < -0.39 is 29.8 Å². The van der Waals surface area contributed by atoms with Gasteiger partial charge in [-0.3, -0.25) is 0 Å². The minimum absolute atomic E-state index is 0.101. The van der Waals surface area contributed by atoms with Crippen molar-refractivity contribution in [1.82, 2.24) is 0 Å². The maximum absolute atomic E-state index is 14.5. The molecule has 5 heteroatoms. The molecule has 0 saturated heterocycles. The largest absolute Gasteiger partial charge is 0.422 e. The van der Waals surface area contributed by atoms with E-state index in [4.69, 9.17) is 9.47 Å². The minimum Gasteiger partial charge on any atom is -0.422 e. The number of methoxy groups -OCH3 is 1. The van der Waals surface area contributed by atoms with Crippen LogP contribution in [0.3, 0.4) is 0 Å². The molecule has 0 amide bonds. The van der Waals surface area contributed by atoms with Crippen molar-refractivity contribution in [3.8, 4) is 5.75 Å². The molecule has 2 radical (unpaired) electrons. The highest BCUT2D eigenvalue weighted by Gasteiger charge is 2.57. The van der Waals surface area contributed by atoms with Crippen LogP contribution in [0, 0.1) is 25.2 Å². The van der Waals surface area contributed by atoms with Crippen molar-refractivity contribution < 1.29 is 23.0 Å². The lowest BCUT2D eigenvalue weighted by Crippen LogP contribution is -2.46. The summed E-state index contributed by atoms with van der Waals surface area (Å²) in [4.78, 5) is 11.9. The van der Waals surface area contributed by atoms with Crippen LogP contribution in [-0.2, 0) is 9.53 Å². The summed E-state index contributed by atoms with van der Waals surface area (Å²) in [5, 5.41) is 0. The number of benzene rings is 1. The first-order valence-electron chi connectivity index (χ1n) is 6.81. The molecule has 21 heavy (non-hydrogen) atoms. The van der Waals surface area contributed by atoms with Gasteiger partial charge in [-0.05, 0) is 37.3 Å². The van der Waals surface area contributed by atoms with Crippen LogP contribution < -0.4 is 4.74 Å². The molecule has 1 aromatic rings. The van der Waals surface area contributed by atoms with Gasteiger partial charge < -0.3 is 9.47 Å². The van der Waals surface area contributed by atoms with Crippen LogP contribution in [0.15, 0.2) is 30.3 Å². The van der Waals surface area contributed by atoms with Gasteiger partial charge >= 0.3 is 11.9 Å². The first-order valence-corrected chi connectivity index (χ1v) is 6.81. The van der Waals surface area contributed by atoms with E-state index in [1.165, 1.54) is 19.2 Å². The highest BCUT2D eigenvalue weighted by atomic mass is 19.3. The Morgan fingerprint density at radius 3 is 2.62 bits per heavy atom. The molecular formula is C16H18F2O3. The van der Waals surface area contributed by atoms with Gasteiger partial charge in [0.1, 0.15) is 5.75 Å². The lowest BCUT2D eigenvalue weighted by molar-refractivity contribution is -0.179. The van der Waals surface area contributed by atoms with Crippen molar-refractivity contribution in [1.29, 1.82) is 0 Å². The molecule has 114 valence electrons. The van der Waals surface area contributed by atoms with E-state index in [1.54, 1.807) is 24.6 Å². The van der Waals surface area contributed by atoms with Crippen LogP contribution in [0.4, 0.5) is 8.78 Å². The Morgan fingerprint density at radius 2 is 2.05 bits per heavy atom. The summed E-state index contributed by atoms with van der Waals surface area (Å²) >= 11 is 0. The third kappa shape index (κ3) is 3.23. The van der Waals surface area contributed by atoms with Gasteiger partial charge in [0.2, 0.25) is 0 Å². The molecule has 0 N–H and O–H groups in total. The Morgan fingerprint density at radius 1 is 1.38 bits per heavy atom. The van der Waals surface area contributed by atoms with Gasteiger partial charge in [-0.1, -0.05) is 25.1 Å². The highest BCUT2D eigenvalue weighted by molar-refractivity contribution is 5.80. The summed E-state index contributed by atoms with van der Waals surface area (Å²) in [5.74, 6) is -6.70. The predicted molar refractivity (Wildman–Crippen MR) is 73.7 cm³/mol. The summed E-state index contributed by atoms with van der Waals surface area (Å²) in [6.45, 7) is 3.68. The fourth-order valence-corrected chi connectivity index (χ4v) is 2.71. The SMILES string of the molecule is [CH2]CC1C[CH]C(OC)C1C(F)(F)C(=O)Oc1ccccc1. The Balaban J connectivity index is 2.17. The number of carbonyl (C=O) groups excluding carboxylic acids is 1. The zero-order valence-corrected chi connectivity index (χ0v) is 11.8. The molecule has 3 unspecified atom stereocenters. The molecule has 1 fully saturated rings. The third-order valence-electron chi connectivity index (χ3n) is 3.82. The quantitative estimate of drug-likeness (QED) is 0.618. The Kier molecular flexibility index (Phi) is 4.93. The number of para-hydroxylation sites is 1. The molecule has 1 aromatic carbocycles. The lowest BCUT2D eigenvalue weighted by Gasteiger charge is -2.29. The second-order valence-corrected chi connectivity index (χ2v) is 5.07. The molecule has 1 aliphatic rings. The van der Waals surface area contributed by atoms with Crippen molar-refractivity contribution in [3.63, 3.8) is 0 Å². The molecule has 1 saturated carbocycles. The first-order chi connectivity index (χ1) is 10.0. The Hall–Kier alpha value is -1.49. The standard InChI is InChI=1S/C16H18F2O3/c1-3-11-9-10-13(20-2)14(11)16(17,18)15(19)21-12-7-5-4-6-8-12/h4-8,10-11,13-14H,1,3,9H2,2H3. The second kappa shape index (κ2) is 6.52. The Bertz CT molecular complexity index is 464. The lowest BCUT2D eigenvalue weighted by atomic mass is 9.86. The topological polar surface area (TPSA) is 35.5 Å². The maximum atomic E-state index is 14.5. The molecule has 1 aliphatic carbocycles. The summed E-state index contributed by atoms with van der Waals surface area (Å²) in [7, 11) is 1.36. The number of alkyl halides is 2. The van der Waals surface area contributed by atoms with Crippen molar-refractivity contribution in [3.05, 3.63) is 43.7 Å². The monoisotopic (exact) mass is 296 g/mol. The van der Waals surface area contributed by atoms with Crippen molar-refractivity contribution >= 4 is 5.97 Å². The minimum atomic E-state index is -3.62. The molecule has 3 atom stereocenters. The van der Waals surface area contributed by atoms with E-state index in [1.807, 2.05) is 0 Å². The van der Waals surface area contributed by atoms with Crippen LogP contribution >= 0.6 is 0 Å². The number of carbonyl (C=O) groups is 1. The van der Waals surface area contributed by atoms with Crippen molar-refractivity contribution in [2.24, 2.45) is 11.8 Å². The fourth-order valence-electron chi connectivity index (χ4n) is 2.71. The third-order valence-corrected chi connectivity index (χ3v) is 3.82. The number of ether oxygens (including phenoxy) is 2. The Labute approximate surface area is 123 Å². The van der Waals surface area contributed by atoms with E-state index in [0.717, 1.165) is 0 Å². The first kappa shape index (κ1) is 15.9. The smallest absolute Gasteiger partial charge is 0.382 e. The highest BCUT2D eigenvalue weighted by Crippen LogP contribution is 2.45. The van der Waals surface area contributed by atoms with Crippen LogP contribution in [0.2, 0.25) is 0 Å². The number of halogens is 2. The van der Waals surface area contributed by atoms with Gasteiger partial charge in [0.15, 0.2) is 0 Å². The van der Waals surface area contributed by atoms with E-state index >= 15 is 0 Å². The van der Waals surface area contributed by atoms with Gasteiger partial charge in [0.05, 0.1) is 12.0 Å². The van der Waals surface area contributed by atoms with Gasteiger partial charge in [0.25, 0.3) is 0 Å². The van der Waals surface area contributed by atoms with Gasteiger partial charge in [-0.25, -0.2) is 4.79 Å². The number of rotatable bonds is 5. The van der Waals surface area contributed by atoms with Gasteiger partial charge in [-0.15, -0.1) is 0 Å². The number of hydrogen-bond donors (Lipinski definition) is 0. The second-order valence-electron chi connectivity index (χ2n) is 5.07. The van der Waals surface area contributed by atoms with Crippen LogP contribution in [0.5, 0.6) is 5.75 Å². The van der Waals surface area contributed by atoms with Crippen molar-refractivity contribution in [2.75, 3.05) is 7.11 Å². The van der Waals surface area contributed by atoms with Crippen LogP contribution in [0.25, 0.3) is 0 Å². The van der Waals surface area contributed by atoms with E-state index in [0.29, 0.717) is 12.8 Å². The summed E-state index contributed by atoms with van der Waals surface area (Å²) in [6.07, 6.45) is 1.68. The van der Waals surface area contributed by atoms with E-state index in [9.17, 15) is 13.6 Å². The molecule has 0 spiro atoms. The molecule has 3 nitrogen and oxygen atoms in total. The average Bonchev–Trinajstić information content (AvgIpc) is 2.92. The molecule has 2 rings (SSSR count). The molecule has 0 bridgehead atoms. The number of esters is 1. The van der Waals surface area contributed by atoms with E-state index in [-0.39, 0.29) is 5.75 Å². The van der Waals surface area contributed by atoms with Gasteiger partial charge in [-0.2, -0.15) is 8.78 Å². The maximum Gasteiger partial charge on any atom is 0.382 e. The number of hydrogen-bond acceptors (Lipinski definition) is 3. The van der Waals surface area contributed by atoms with Gasteiger partial charge in [0, 0.05) is 7.11 Å². The zero-order chi connectivity index (χ0) is 15.5. The predicted octanol–water partition coefficient (Wildman–Crippen LogP) is 3.31. The van der Waals surface area contributed by atoms with Crippen molar-refractivity contribution in [2.45, 2.75) is 24.9 Å². The average molecular weight is 296 g/mol. The summed E-state index contributed by atoms with van der Waals surface area (Å²) in [5.41, 5.74) is 0. The van der Waals surface area contributed by atoms with Crippen LogP contribution in [-0.4, -0.2) is 25.1 Å². The fraction of sp³-hybridized carbons (Fsp3) is 0.438. The molecule has 0 aliphatic heterocycles. The normalized spacial score (nSPS) is 25.8. The molecule has 0 aromatic heterocycles.